The highest BCUT2D eigenvalue weighted by molar-refractivity contribution is 7.55. The van der Waals surface area contributed by atoms with Gasteiger partial charge in [-0.3, -0.25) is 0 Å². The fourth-order valence-electron chi connectivity index (χ4n) is 1.94. The highest BCUT2D eigenvalue weighted by Crippen LogP contribution is 2.41. The Morgan fingerprint density at radius 1 is 0.895 bits per heavy atom. The van der Waals surface area contributed by atoms with E-state index in [9.17, 15) is 9.67 Å². The molecule has 0 fully saturated rings. The summed E-state index contributed by atoms with van der Waals surface area (Å²) in [6.07, 6.45) is 0. The van der Waals surface area contributed by atoms with Crippen LogP contribution in [-0.4, -0.2) is 10.3 Å². The predicted molar refractivity (Wildman–Crippen MR) is 80.5 cm³/mol. The Balaban J connectivity index is 2.61. The Morgan fingerprint density at radius 2 is 1.42 bits per heavy atom. The fourth-order valence-corrected chi connectivity index (χ4v) is 3.30. The van der Waals surface area contributed by atoms with Gasteiger partial charge in [0.15, 0.2) is 10.5 Å². The van der Waals surface area contributed by atoms with Gasteiger partial charge in [0.25, 0.3) is 0 Å². The Morgan fingerprint density at radius 3 is 2.00 bits per heavy atom. The summed E-state index contributed by atoms with van der Waals surface area (Å²) in [5, 5.41) is 10.5. The van der Waals surface area contributed by atoms with E-state index < -0.39 is 7.80 Å². The van der Waals surface area contributed by atoms with Crippen LogP contribution in [0.3, 0.4) is 0 Å². The van der Waals surface area contributed by atoms with Crippen molar-refractivity contribution >= 4 is 13.1 Å². The van der Waals surface area contributed by atoms with Crippen molar-refractivity contribution in [2.45, 2.75) is 25.9 Å². The third kappa shape index (κ3) is 2.85. The van der Waals surface area contributed by atoms with E-state index in [0.29, 0.717) is 0 Å². The van der Waals surface area contributed by atoms with Crippen LogP contribution in [-0.2, 0) is 4.57 Å². The van der Waals surface area contributed by atoms with Crippen molar-refractivity contribution in [3.8, 4) is 16.9 Å². The van der Waals surface area contributed by atoms with Crippen LogP contribution in [0.15, 0.2) is 48.5 Å². The molecule has 1 unspecified atom stereocenters. The van der Waals surface area contributed by atoms with E-state index in [1.54, 1.807) is 12.1 Å². The van der Waals surface area contributed by atoms with Crippen LogP contribution in [0.1, 0.15) is 20.8 Å². The molecule has 0 saturated heterocycles. The summed E-state index contributed by atoms with van der Waals surface area (Å²) in [5.41, 5.74) is 1.57. The molecular weight excluding hydrogens is 255 g/mol. The fraction of sp³-hybridized carbons (Fsp3) is 0.250. The molecule has 1 N–H and O–H groups in total. The lowest BCUT2D eigenvalue weighted by molar-refractivity contribution is 0.477. The van der Waals surface area contributed by atoms with Crippen LogP contribution in [0, 0.1) is 0 Å². The topological polar surface area (TPSA) is 37.3 Å². The van der Waals surface area contributed by atoms with Crippen molar-refractivity contribution in [2.75, 3.05) is 0 Å². The first-order valence-electron chi connectivity index (χ1n) is 6.26. The monoisotopic (exact) mass is 273 g/mol. The lowest BCUT2D eigenvalue weighted by Gasteiger charge is -2.09. The SMILES string of the molecule is CC(C)(C)[P+](=O)c1ccccc1-c1ccccc1O. The zero-order chi connectivity index (χ0) is 14.0. The van der Waals surface area contributed by atoms with Gasteiger partial charge in [0.1, 0.15) is 5.75 Å². The van der Waals surface area contributed by atoms with Crippen LogP contribution >= 0.6 is 7.80 Å². The van der Waals surface area contributed by atoms with Gasteiger partial charge in [-0.2, -0.15) is 0 Å². The minimum absolute atomic E-state index is 0.215. The summed E-state index contributed by atoms with van der Waals surface area (Å²) in [6.45, 7) is 5.90. The molecule has 2 aromatic rings. The smallest absolute Gasteiger partial charge is 0.382 e. The number of hydrogen-bond acceptors (Lipinski definition) is 2. The van der Waals surface area contributed by atoms with Gasteiger partial charge in [0.2, 0.25) is 0 Å². The van der Waals surface area contributed by atoms with E-state index in [4.69, 9.17) is 0 Å². The molecule has 0 saturated carbocycles. The lowest BCUT2D eigenvalue weighted by atomic mass is 10.0. The molecule has 2 rings (SSSR count). The van der Waals surface area contributed by atoms with E-state index >= 15 is 0 Å². The van der Waals surface area contributed by atoms with Gasteiger partial charge in [-0.25, -0.2) is 0 Å². The Labute approximate surface area is 114 Å². The molecule has 0 radical (unpaired) electrons. The summed E-state index contributed by atoms with van der Waals surface area (Å²) >= 11 is 0. The number of para-hydroxylation sites is 1. The van der Waals surface area contributed by atoms with Gasteiger partial charge in [0, 0.05) is 11.1 Å². The maximum absolute atomic E-state index is 12.6. The number of hydrogen-bond donors (Lipinski definition) is 1. The predicted octanol–water partition coefficient (Wildman–Crippen LogP) is 4.31. The molecule has 0 amide bonds. The van der Waals surface area contributed by atoms with Gasteiger partial charge in [-0.15, -0.1) is 0 Å². The second-order valence-corrected chi connectivity index (χ2v) is 7.91. The molecular formula is C16H18O2P+. The number of aromatic hydroxyl groups is 1. The second-order valence-electron chi connectivity index (χ2n) is 5.50. The molecule has 1 atom stereocenters. The summed E-state index contributed by atoms with van der Waals surface area (Å²) in [4.78, 5) is 0. The Kier molecular flexibility index (Phi) is 3.73. The van der Waals surface area contributed by atoms with Crippen LogP contribution in [0.4, 0.5) is 0 Å². The van der Waals surface area contributed by atoms with E-state index in [0.717, 1.165) is 16.4 Å². The average molecular weight is 273 g/mol. The number of phenols is 1. The number of rotatable bonds is 2. The number of phenolic OH excluding ortho intramolecular Hbond substituents is 1. The Bertz CT molecular complexity index is 612. The largest absolute Gasteiger partial charge is 0.507 e. The van der Waals surface area contributed by atoms with Crippen molar-refractivity contribution in [1.29, 1.82) is 0 Å². The van der Waals surface area contributed by atoms with Gasteiger partial charge in [-0.1, -0.05) is 34.9 Å². The van der Waals surface area contributed by atoms with Crippen LogP contribution in [0.2, 0.25) is 0 Å². The van der Waals surface area contributed by atoms with Crippen molar-refractivity contribution in [3.63, 3.8) is 0 Å². The highest BCUT2D eigenvalue weighted by atomic mass is 31.1. The molecule has 2 aromatic carbocycles. The summed E-state index contributed by atoms with van der Waals surface area (Å²) in [7, 11) is -1.53. The third-order valence-corrected chi connectivity index (χ3v) is 4.97. The first-order chi connectivity index (χ1) is 8.91. The summed E-state index contributed by atoms with van der Waals surface area (Å²) in [5.74, 6) is 0.215. The maximum atomic E-state index is 12.6. The van der Waals surface area contributed by atoms with E-state index in [1.165, 1.54) is 0 Å². The van der Waals surface area contributed by atoms with Gasteiger partial charge >= 0.3 is 7.80 Å². The average Bonchev–Trinajstić information content (AvgIpc) is 2.37. The molecule has 0 aliphatic rings. The summed E-state index contributed by atoms with van der Waals surface area (Å²) < 4.78 is 12.6. The molecule has 2 nitrogen and oxygen atoms in total. The van der Waals surface area contributed by atoms with Gasteiger partial charge in [-0.05, 0) is 39.0 Å². The molecule has 0 aromatic heterocycles. The molecule has 0 bridgehead atoms. The Hall–Kier alpha value is -1.66. The quantitative estimate of drug-likeness (QED) is 0.828. The normalized spacial score (nSPS) is 12.3. The molecule has 19 heavy (non-hydrogen) atoms. The molecule has 0 heterocycles. The van der Waals surface area contributed by atoms with Crippen LogP contribution < -0.4 is 5.30 Å². The molecule has 98 valence electrons. The van der Waals surface area contributed by atoms with Crippen LogP contribution in [0.25, 0.3) is 11.1 Å². The zero-order valence-corrected chi connectivity index (χ0v) is 12.3. The molecule has 0 aliphatic carbocycles. The third-order valence-electron chi connectivity index (χ3n) is 2.93. The summed E-state index contributed by atoms with van der Waals surface area (Å²) in [6, 6.07) is 14.7. The van der Waals surface area contributed by atoms with Crippen LogP contribution in [0.5, 0.6) is 5.75 Å². The van der Waals surface area contributed by atoms with Gasteiger partial charge in [0.05, 0.1) is 0 Å². The molecule has 3 heteroatoms. The minimum Gasteiger partial charge on any atom is -0.507 e. The van der Waals surface area contributed by atoms with Gasteiger partial charge < -0.3 is 5.11 Å². The van der Waals surface area contributed by atoms with Crippen molar-refractivity contribution in [1.82, 2.24) is 0 Å². The first kappa shape index (κ1) is 13.8. The zero-order valence-electron chi connectivity index (χ0n) is 11.4. The standard InChI is InChI=1S/C16H17O2P/c1-16(2,3)19(18)15-11-7-5-9-13(15)12-8-4-6-10-14(12)17/h4-11H,1-3H3/p+1. The first-order valence-corrected chi connectivity index (χ1v) is 7.52. The second kappa shape index (κ2) is 5.14. The maximum Gasteiger partial charge on any atom is 0.382 e. The van der Waals surface area contributed by atoms with E-state index in [2.05, 4.69) is 0 Å². The van der Waals surface area contributed by atoms with Crippen molar-refractivity contribution < 1.29 is 9.67 Å². The van der Waals surface area contributed by atoms with Crippen molar-refractivity contribution in [2.24, 2.45) is 0 Å². The minimum atomic E-state index is -1.53. The van der Waals surface area contributed by atoms with Crippen molar-refractivity contribution in [3.05, 3.63) is 48.5 Å². The highest BCUT2D eigenvalue weighted by Gasteiger charge is 2.38. The number of benzene rings is 2. The van der Waals surface area contributed by atoms with E-state index in [1.807, 2.05) is 57.2 Å². The molecule has 0 spiro atoms. The lowest BCUT2D eigenvalue weighted by Crippen LogP contribution is -2.16. The van der Waals surface area contributed by atoms with E-state index in [-0.39, 0.29) is 10.9 Å². The molecule has 0 aliphatic heterocycles.